The summed E-state index contributed by atoms with van der Waals surface area (Å²) < 4.78 is 1.72. The Morgan fingerprint density at radius 3 is 2.59 bits per heavy atom. The minimum absolute atomic E-state index is 0.0562. The number of carboxylic acid groups (broad SMARTS) is 1. The lowest BCUT2D eigenvalue weighted by molar-refractivity contribution is -0.112. The van der Waals surface area contributed by atoms with Crippen LogP contribution in [0.5, 0.6) is 0 Å². The number of amides is 1. The Kier molecular flexibility index (Phi) is 5.61. The third-order valence-electron chi connectivity index (χ3n) is 4.44. The Labute approximate surface area is 168 Å². The number of hydrogen-bond acceptors (Lipinski definition) is 3. The van der Waals surface area contributed by atoms with E-state index in [4.69, 9.17) is 0 Å². The highest BCUT2D eigenvalue weighted by molar-refractivity contribution is 6.09. The molecule has 6 nitrogen and oxygen atoms in total. The molecule has 144 valence electrons. The van der Waals surface area contributed by atoms with E-state index in [1.807, 2.05) is 32.0 Å². The van der Waals surface area contributed by atoms with Gasteiger partial charge in [0.05, 0.1) is 5.56 Å². The largest absolute Gasteiger partial charge is 0.478 e. The number of nitrogens with one attached hydrogen (secondary N) is 1. The number of aryl methyl sites for hydroxylation is 2. The van der Waals surface area contributed by atoms with Gasteiger partial charge in [-0.05, 0) is 61.9 Å². The first-order valence-corrected chi connectivity index (χ1v) is 8.90. The smallest absolute Gasteiger partial charge is 0.335 e. The van der Waals surface area contributed by atoms with Crippen molar-refractivity contribution < 1.29 is 14.7 Å². The van der Waals surface area contributed by atoms with Crippen molar-refractivity contribution in [2.75, 3.05) is 5.32 Å². The van der Waals surface area contributed by atoms with Crippen LogP contribution in [0.1, 0.15) is 27.2 Å². The van der Waals surface area contributed by atoms with Crippen LogP contribution in [-0.2, 0) is 4.79 Å². The molecule has 3 rings (SSSR count). The van der Waals surface area contributed by atoms with Crippen molar-refractivity contribution in [2.45, 2.75) is 13.8 Å². The molecule has 29 heavy (non-hydrogen) atoms. The summed E-state index contributed by atoms with van der Waals surface area (Å²) in [5.74, 6) is -1.53. The average molecular weight is 385 g/mol. The molecule has 0 aliphatic carbocycles. The zero-order valence-electron chi connectivity index (χ0n) is 16.0. The van der Waals surface area contributed by atoms with Gasteiger partial charge in [-0.15, -0.1) is 0 Å². The highest BCUT2D eigenvalue weighted by atomic mass is 16.4. The minimum Gasteiger partial charge on any atom is -0.478 e. The number of anilines is 1. The van der Waals surface area contributed by atoms with E-state index < -0.39 is 11.9 Å². The van der Waals surface area contributed by atoms with E-state index in [2.05, 4.69) is 5.32 Å². The summed E-state index contributed by atoms with van der Waals surface area (Å²) in [6, 6.07) is 17.5. The molecule has 0 saturated heterocycles. The van der Waals surface area contributed by atoms with E-state index in [0.29, 0.717) is 17.1 Å². The van der Waals surface area contributed by atoms with Gasteiger partial charge in [-0.25, -0.2) is 4.79 Å². The molecule has 0 spiro atoms. The van der Waals surface area contributed by atoms with E-state index >= 15 is 0 Å². The molecule has 2 aromatic carbocycles. The van der Waals surface area contributed by atoms with Crippen LogP contribution >= 0.6 is 0 Å². The molecule has 0 unspecified atom stereocenters. The summed E-state index contributed by atoms with van der Waals surface area (Å²) in [5.41, 5.74) is 3.93. The molecule has 0 aliphatic heterocycles. The van der Waals surface area contributed by atoms with Crippen molar-refractivity contribution >= 4 is 23.6 Å². The van der Waals surface area contributed by atoms with Crippen molar-refractivity contribution in [3.63, 3.8) is 0 Å². The Hall–Kier alpha value is -4.11. The molecule has 0 bridgehead atoms. The third kappa shape index (κ3) is 4.42. The van der Waals surface area contributed by atoms with Crippen molar-refractivity contribution in [3.8, 4) is 11.8 Å². The summed E-state index contributed by atoms with van der Waals surface area (Å²) in [6.07, 6.45) is 3.22. The molecule has 2 N–H and O–H groups in total. The number of benzene rings is 2. The van der Waals surface area contributed by atoms with Gasteiger partial charge in [0.1, 0.15) is 11.6 Å². The molecular weight excluding hydrogens is 366 g/mol. The van der Waals surface area contributed by atoms with Crippen LogP contribution in [0.3, 0.4) is 0 Å². The van der Waals surface area contributed by atoms with Crippen LogP contribution in [0, 0.1) is 25.2 Å². The van der Waals surface area contributed by atoms with Gasteiger partial charge in [-0.2, -0.15) is 5.26 Å². The summed E-state index contributed by atoms with van der Waals surface area (Å²) in [6.45, 7) is 3.85. The highest BCUT2D eigenvalue weighted by Gasteiger charge is 2.13. The number of rotatable bonds is 5. The van der Waals surface area contributed by atoms with Gasteiger partial charge in [0.2, 0.25) is 0 Å². The van der Waals surface area contributed by atoms with Crippen molar-refractivity contribution in [1.82, 2.24) is 4.57 Å². The van der Waals surface area contributed by atoms with Crippen LogP contribution in [0.2, 0.25) is 0 Å². The van der Waals surface area contributed by atoms with Gasteiger partial charge in [0.15, 0.2) is 0 Å². The van der Waals surface area contributed by atoms with Gasteiger partial charge in [0, 0.05) is 23.3 Å². The lowest BCUT2D eigenvalue weighted by Crippen LogP contribution is -2.14. The molecule has 1 amide bonds. The predicted molar refractivity (Wildman–Crippen MR) is 111 cm³/mol. The van der Waals surface area contributed by atoms with E-state index in [-0.39, 0.29) is 11.1 Å². The second-order valence-electron chi connectivity index (χ2n) is 6.60. The molecule has 6 heteroatoms. The van der Waals surface area contributed by atoms with Gasteiger partial charge in [0.25, 0.3) is 5.91 Å². The minimum atomic E-state index is -1.03. The molecule has 1 aromatic heterocycles. The van der Waals surface area contributed by atoms with Crippen molar-refractivity contribution in [2.24, 2.45) is 0 Å². The summed E-state index contributed by atoms with van der Waals surface area (Å²) >= 11 is 0. The normalized spacial score (nSPS) is 11.0. The Bertz CT molecular complexity index is 1170. The quantitative estimate of drug-likeness (QED) is 0.504. The topological polar surface area (TPSA) is 95.1 Å². The molecule has 0 radical (unpaired) electrons. The summed E-state index contributed by atoms with van der Waals surface area (Å²) in [7, 11) is 0. The maximum atomic E-state index is 12.6. The van der Waals surface area contributed by atoms with E-state index in [1.165, 1.54) is 18.2 Å². The number of nitriles is 1. The maximum Gasteiger partial charge on any atom is 0.335 e. The fourth-order valence-electron chi connectivity index (χ4n) is 2.98. The van der Waals surface area contributed by atoms with Crippen molar-refractivity contribution in [1.29, 1.82) is 5.26 Å². The average Bonchev–Trinajstić information content (AvgIpc) is 3.16. The Morgan fingerprint density at radius 1 is 1.10 bits per heavy atom. The second-order valence-corrected chi connectivity index (χ2v) is 6.60. The Balaban J connectivity index is 1.92. The number of carbonyl (C=O) groups excluding carboxylic acids is 1. The zero-order chi connectivity index (χ0) is 21.0. The standard InChI is InChI=1S/C23H19N3O3/c1-15-8-9-21(16(2)11-15)25-22(27)18(14-24)13-20-7-4-10-26(20)19-6-3-5-17(12-19)23(28)29/h3-13H,1-2H3,(H,25,27)(H,28,29)/b18-13-. The molecule has 0 aliphatic rings. The molecule has 0 fully saturated rings. The fourth-order valence-corrected chi connectivity index (χ4v) is 2.98. The van der Waals surface area contributed by atoms with Gasteiger partial charge in [-0.3, -0.25) is 4.79 Å². The van der Waals surface area contributed by atoms with Crippen molar-refractivity contribution in [3.05, 3.63) is 88.8 Å². The van der Waals surface area contributed by atoms with Crippen LogP contribution < -0.4 is 5.32 Å². The summed E-state index contributed by atoms with van der Waals surface area (Å²) in [4.78, 5) is 23.8. The van der Waals surface area contributed by atoms with Crippen LogP contribution in [0.4, 0.5) is 5.69 Å². The number of carbonyl (C=O) groups is 2. The molecule has 0 saturated carbocycles. The highest BCUT2D eigenvalue weighted by Crippen LogP contribution is 2.19. The predicted octanol–water partition coefficient (Wildman–Crippen LogP) is 4.34. The number of nitrogens with zero attached hydrogens (tertiary/aromatic N) is 2. The van der Waals surface area contributed by atoms with Gasteiger partial charge >= 0.3 is 5.97 Å². The first-order chi connectivity index (χ1) is 13.9. The first-order valence-electron chi connectivity index (χ1n) is 8.90. The zero-order valence-corrected chi connectivity index (χ0v) is 16.0. The summed E-state index contributed by atoms with van der Waals surface area (Å²) in [5, 5.41) is 21.5. The van der Waals surface area contributed by atoms with Gasteiger partial charge < -0.3 is 15.0 Å². The number of hydrogen-bond donors (Lipinski definition) is 2. The molecule has 1 heterocycles. The fraction of sp³-hybridized carbons (Fsp3) is 0.0870. The molecular formula is C23H19N3O3. The first kappa shape index (κ1) is 19.6. The van der Waals surface area contributed by atoms with E-state index in [9.17, 15) is 20.0 Å². The van der Waals surface area contributed by atoms with Crippen LogP contribution in [0.15, 0.2) is 66.4 Å². The number of aromatic nitrogens is 1. The van der Waals surface area contributed by atoms with E-state index in [0.717, 1.165) is 11.1 Å². The number of aromatic carboxylic acids is 1. The van der Waals surface area contributed by atoms with Crippen LogP contribution in [-0.4, -0.2) is 21.6 Å². The second kappa shape index (κ2) is 8.28. The number of carboxylic acids is 1. The monoisotopic (exact) mass is 385 g/mol. The lowest BCUT2D eigenvalue weighted by Gasteiger charge is -2.10. The molecule has 3 aromatic rings. The van der Waals surface area contributed by atoms with E-state index in [1.54, 1.807) is 41.1 Å². The Morgan fingerprint density at radius 2 is 1.90 bits per heavy atom. The maximum absolute atomic E-state index is 12.6. The third-order valence-corrected chi connectivity index (χ3v) is 4.44. The molecule has 0 atom stereocenters. The van der Waals surface area contributed by atoms with Crippen LogP contribution in [0.25, 0.3) is 11.8 Å². The van der Waals surface area contributed by atoms with Gasteiger partial charge in [-0.1, -0.05) is 23.8 Å². The lowest BCUT2D eigenvalue weighted by atomic mass is 10.1. The SMILES string of the molecule is Cc1ccc(NC(=O)/C(C#N)=C\c2cccn2-c2cccc(C(=O)O)c2)c(C)c1.